The van der Waals surface area contributed by atoms with Crippen LogP contribution in [0.3, 0.4) is 0 Å². The van der Waals surface area contributed by atoms with Gasteiger partial charge >= 0.3 is 0 Å². The molecule has 0 N–H and O–H groups in total. The van der Waals surface area contributed by atoms with Crippen molar-refractivity contribution >= 4 is 49.6 Å². The minimum atomic E-state index is -4.00. The van der Waals surface area contributed by atoms with Gasteiger partial charge in [-0.3, -0.25) is 4.98 Å². The summed E-state index contributed by atoms with van der Waals surface area (Å²) in [5.41, 5.74) is 0.524. The van der Waals surface area contributed by atoms with Crippen LogP contribution in [0.25, 0.3) is 10.9 Å². The number of ether oxygens (including phenoxy) is 1. The number of halogens is 3. The number of hydrogen-bond donors (Lipinski definition) is 0. The van der Waals surface area contributed by atoms with Crippen molar-refractivity contribution in [1.82, 2.24) is 4.98 Å². The molecule has 1 fully saturated rings. The summed E-state index contributed by atoms with van der Waals surface area (Å²) < 4.78 is 46.5. The summed E-state index contributed by atoms with van der Waals surface area (Å²) in [5.74, 6) is -0.512. The van der Waals surface area contributed by atoms with Gasteiger partial charge < -0.3 is 9.64 Å². The summed E-state index contributed by atoms with van der Waals surface area (Å²) in [6.07, 6.45) is 1.19. The van der Waals surface area contributed by atoms with Crippen LogP contribution in [-0.2, 0) is 14.6 Å². The predicted molar refractivity (Wildman–Crippen MR) is 107 cm³/mol. The summed E-state index contributed by atoms with van der Waals surface area (Å²) in [6, 6.07) is 8.63. The number of hydrogen-bond acceptors (Lipinski definition) is 5. The zero-order chi connectivity index (χ0) is 19.9. The zero-order valence-corrected chi connectivity index (χ0v) is 16.9. The monoisotopic (exact) mass is 440 g/mol. The average Bonchev–Trinajstić information content (AvgIpc) is 2.67. The first kappa shape index (κ1) is 19.4. The van der Waals surface area contributed by atoms with Gasteiger partial charge in [0.25, 0.3) is 0 Å². The predicted octanol–water partition coefficient (Wildman–Crippen LogP) is 4.35. The van der Waals surface area contributed by atoms with Gasteiger partial charge in [-0.1, -0.05) is 35.3 Å². The van der Waals surface area contributed by atoms with Crippen molar-refractivity contribution in [2.24, 2.45) is 0 Å². The lowest BCUT2D eigenvalue weighted by molar-refractivity contribution is 0.122. The van der Waals surface area contributed by atoms with Gasteiger partial charge in [0.05, 0.1) is 23.8 Å². The molecule has 0 aliphatic carbocycles. The van der Waals surface area contributed by atoms with E-state index in [2.05, 4.69) is 4.98 Å². The summed E-state index contributed by atoms with van der Waals surface area (Å²) in [5, 5.41) is 0.841. The fourth-order valence-corrected chi connectivity index (χ4v) is 5.43. The number of nitrogens with zero attached hydrogens (tertiary/aromatic N) is 2. The molecule has 0 unspecified atom stereocenters. The molecule has 3 aromatic rings. The molecular weight excluding hydrogens is 426 g/mol. The van der Waals surface area contributed by atoms with Gasteiger partial charge in [0.15, 0.2) is 0 Å². The number of morpholine rings is 1. The van der Waals surface area contributed by atoms with E-state index in [1.165, 1.54) is 36.5 Å². The van der Waals surface area contributed by atoms with E-state index in [0.29, 0.717) is 37.4 Å². The lowest BCUT2D eigenvalue weighted by Gasteiger charge is -2.31. The highest BCUT2D eigenvalue weighted by Crippen LogP contribution is 2.37. The van der Waals surface area contributed by atoms with Crippen molar-refractivity contribution in [3.05, 3.63) is 58.5 Å². The molecular formula is C19H15Cl2FN2O3S. The van der Waals surface area contributed by atoms with E-state index in [4.69, 9.17) is 27.9 Å². The summed E-state index contributed by atoms with van der Waals surface area (Å²) in [6.45, 7) is 1.85. The minimum Gasteiger partial charge on any atom is -0.378 e. The molecule has 0 atom stereocenters. The Hall–Kier alpha value is -1.93. The maximum absolute atomic E-state index is 14.3. The molecule has 0 saturated carbocycles. The van der Waals surface area contributed by atoms with Gasteiger partial charge in [0, 0.05) is 34.7 Å². The van der Waals surface area contributed by atoms with Crippen LogP contribution in [-0.4, -0.2) is 39.7 Å². The largest absolute Gasteiger partial charge is 0.378 e. The van der Waals surface area contributed by atoms with E-state index >= 15 is 0 Å². The Morgan fingerprint density at radius 1 is 1.07 bits per heavy atom. The number of pyridine rings is 1. The second-order valence-corrected chi connectivity index (χ2v) is 9.11. The van der Waals surface area contributed by atoms with Crippen molar-refractivity contribution in [3.63, 3.8) is 0 Å². The van der Waals surface area contributed by atoms with E-state index in [1.807, 2.05) is 4.90 Å². The van der Waals surface area contributed by atoms with E-state index in [0.717, 1.165) is 0 Å². The van der Waals surface area contributed by atoms with Gasteiger partial charge in [0.2, 0.25) is 9.84 Å². The van der Waals surface area contributed by atoms with Crippen molar-refractivity contribution < 1.29 is 17.5 Å². The second kappa shape index (κ2) is 7.48. The quantitative estimate of drug-likeness (QED) is 0.605. The van der Waals surface area contributed by atoms with Gasteiger partial charge in [0.1, 0.15) is 16.2 Å². The third kappa shape index (κ3) is 3.43. The Kier molecular flexibility index (Phi) is 5.18. The fourth-order valence-electron chi connectivity index (χ4n) is 3.28. The Labute approximate surface area is 171 Å². The van der Waals surface area contributed by atoms with Crippen LogP contribution >= 0.6 is 23.2 Å². The van der Waals surface area contributed by atoms with Crippen molar-refractivity contribution in [1.29, 1.82) is 0 Å². The number of fused-ring (bicyclic) bond motifs is 1. The normalized spacial score (nSPS) is 15.2. The number of para-hydroxylation sites is 1. The third-order valence-electron chi connectivity index (χ3n) is 4.55. The van der Waals surface area contributed by atoms with Crippen LogP contribution in [0.1, 0.15) is 0 Å². The van der Waals surface area contributed by atoms with Crippen molar-refractivity contribution in [2.45, 2.75) is 9.79 Å². The summed E-state index contributed by atoms with van der Waals surface area (Å²) in [4.78, 5) is 5.91. The molecule has 1 aromatic heterocycles. The minimum absolute atomic E-state index is 0.0224. The first-order valence-electron chi connectivity index (χ1n) is 8.49. The zero-order valence-electron chi connectivity index (χ0n) is 14.5. The average molecular weight is 441 g/mol. The Morgan fingerprint density at radius 3 is 2.43 bits per heavy atom. The first-order chi connectivity index (χ1) is 13.4. The van der Waals surface area contributed by atoms with E-state index < -0.39 is 15.7 Å². The van der Waals surface area contributed by atoms with Crippen LogP contribution in [0.15, 0.2) is 52.4 Å². The third-order valence-corrected chi connectivity index (χ3v) is 6.72. The molecule has 0 spiro atoms. The number of anilines is 1. The Morgan fingerprint density at radius 2 is 1.75 bits per heavy atom. The maximum Gasteiger partial charge on any atom is 0.210 e. The molecule has 0 amide bonds. The van der Waals surface area contributed by atoms with E-state index in [-0.39, 0.29) is 25.4 Å². The maximum atomic E-state index is 14.3. The highest BCUT2D eigenvalue weighted by atomic mass is 35.5. The number of rotatable bonds is 3. The van der Waals surface area contributed by atoms with Gasteiger partial charge in [-0.25, -0.2) is 12.8 Å². The molecule has 4 rings (SSSR count). The Balaban J connectivity index is 2.00. The lowest BCUT2D eigenvalue weighted by atomic mass is 10.1. The van der Waals surface area contributed by atoms with Crippen molar-refractivity contribution in [2.75, 3.05) is 31.2 Å². The molecule has 1 aliphatic rings. The van der Waals surface area contributed by atoms with Crippen LogP contribution in [0.2, 0.25) is 10.0 Å². The Bertz CT molecular complexity index is 1150. The smallest absolute Gasteiger partial charge is 0.210 e. The second-order valence-electron chi connectivity index (χ2n) is 6.32. The molecule has 1 aliphatic heterocycles. The van der Waals surface area contributed by atoms with Crippen LogP contribution in [0.4, 0.5) is 10.1 Å². The topological polar surface area (TPSA) is 59.5 Å². The van der Waals surface area contributed by atoms with Crippen LogP contribution in [0.5, 0.6) is 0 Å². The van der Waals surface area contributed by atoms with Crippen LogP contribution in [0, 0.1) is 5.82 Å². The molecule has 5 nitrogen and oxygen atoms in total. The van der Waals surface area contributed by atoms with Crippen molar-refractivity contribution in [3.8, 4) is 0 Å². The highest BCUT2D eigenvalue weighted by molar-refractivity contribution is 7.91. The highest BCUT2D eigenvalue weighted by Gasteiger charge is 2.28. The van der Waals surface area contributed by atoms with Crippen LogP contribution < -0.4 is 4.90 Å². The lowest BCUT2D eigenvalue weighted by Crippen LogP contribution is -2.37. The first-order valence-corrected chi connectivity index (χ1v) is 10.7. The molecule has 2 aromatic carbocycles. The molecule has 1 saturated heterocycles. The molecule has 2 heterocycles. The molecule has 146 valence electrons. The van der Waals surface area contributed by atoms with Gasteiger partial charge in [-0.15, -0.1) is 0 Å². The number of benzene rings is 2. The molecule has 28 heavy (non-hydrogen) atoms. The molecule has 0 bridgehead atoms. The summed E-state index contributed by atoms with van der Waals surface area (Å²) in [7, 11) is -4.00. The number of sulfone groups is 1. The molecule has 9 heteroatoms. The molecule has 0 radical (unpaired) electrons. The fraction of sp³-hybridized carbons (Fsp3) is 0.211. The van der Waals surface area contributed by atoms with E-state index in [9.17, 15) is 12.8 Å². The number of aromatic nitrogens is 1. The SMILES string of the molecule is O=S(=O)(c1cc(Cl)cc(Cl)c1)c1cnc2c(F)cccc2c1N1CCOCC1. The van der Waals surface area contributed by atoms with Gasteiger partial charge in [-0.2, -0.15) is 0 Å². The standard InChI is InChI=1S/C19H15Cl2FN2O3S/c20-12-8-13(21)10-14(9-12)28(25,26)17-11-23-18-15(2-1-3-16(18)22)19(17)24-4-6-27-7-5-24/h1-3,8-11H,4-7H2. The van der Waals surface area contributed by atoms with Gasteiger partial charge in [-0.05, 0) is 24.3 Å². The van der Waals surface area contributed by atoms with E-state index in [1.54, 1.807) is 6.07 Å². The summed E-state index contributed by atoms with van der Waals surface area (Å²) >= 11 is 12.0.